The van der Waals surface area contributed by atoms with Crippen molar-refractivity contribution in [1.29, 1.82) is 0 Å². The van der Waals surface area contributed by atoms with Crippen molar-refractivity contribution in [3.63, 3.8) is 0 Å². The van der Waals surface area contributed by atoms with Crippen LogP contribution in [0.4, 0.5) is 0 Å². The van der Waals surface area contributed by atoms with Gasteiger partial charge < -0.3 is 0 Å². The SMILES string of the molecule is Clc1cnccc1-c1c(Cl)nc2ncnn2c1Cl. The smallest absolute Gasteiger partial charge is 0.255 e. The second kappa shape index (κ2) is 4.35. The van der Waals surface area contributed by atoms with Crippen molar-refractivity contribution >= 4 is 40.6 Å². The number of nitrogens with zero attached hydrogens (tertiary/aromatic N) is 5. The summed E-state index contributed by atoms with van der Waals surface area (Å²) in [5.41, 5.74) is 1.15. The van der Waals surface area contributed by atoms with Gasteiger partial charge in [0.2, 0.25) is 0 Å². The van der Waals surface area contributed by atoms with E-state index in [-0.39, 0.29) is 5.15 Å². The van der Waals surface area contributed by atoms with Gasteiger partial charge in [0.15, 0.2) is 0 Å². The van der Waals surface area contributed by atoms with Crippen LogP contribution in [0.5, 0.6) is 0 Å². The predicted octanol–water partition coefficient (Wildman–Crippen LogP) is 3.15. The summed E-state index contributed by atoms with van der Waals surface area (Å²) in [5, 5.41) is 4.92. The normalized spacial score (nSPS) is 11.1. The first-order valence-electron chi connectivity index (χ1n) is 4.83. The number of hydrogen-bond donors (Lipinski definition) is 0. The second-order valence-electron chi connectivity index (χ2n) is 3.40. The molecule has 3 heterocycles. The summed E-state index contributed by atoms with van der Waals surface area (Å²) in [7, 11) is 0. The van der Waals surface area contributed by atoms with Gasteiger partial charge in [0.25, 0.3) is 5.78 Å². The Labute approximate surface area is 116 Å². The van der Waals surface area contributed by atoms with E-state index in [1.165, 1.54) is 17.0 Å². The summed E-state index contributed by atoms with van der Waals surface area (Å²) in [4.78, 5) is 11.9. The molecule has 0 atom stereocenters. The molecule has 0 amide bonds. The van der Waals surface area contributed by atoms with E-state index in [4.69, 9.17) is 34.8 Å². The number of halogens is 3. The monoisotopic (exact) mass is 299 g/mol. The van der Waals surface area contributed by atoms with Gasteiger partial charge in [-0.1, -0.05) is 34.8 Å². The maximum absolute atomic E-state index is 6.25. The van der Waals surface area contributed by atoms with E-state index >= 15 is 0 Å². The van der Waals surface area contributed by atoms with Crippen LogP contribution in [0.25, 0.3) is 16.9 Å². The van der Waals surface area contributed by atoms with Gasteiger partial charge in [0.05, 0.1) is 10.6 Å². The molecule has 0 aliphatic carbocycles. The van der Waals surface area contributed by atoms with E-state index in [0.717, 1.165) is 0 Å². The van der Waals surface area contributed by atoms with Gasteiger partial charge in [0.1, 0.15) is 16.6 Å². The lowest BCUT2D eigenvalue weighted by molar-refractivity contribution is 0.942. The Kier molecular flexibility index (Phi) is 2.81. The maximum Gasteiger partial charge on any atom is 0.255 e. The van der Waals surface area contributed by atoms with Crippen molar-refractivity contribution in [1.82, 2.24) is 24.6 Å². The van der Waals surface area contributed by atoms with Gasteiger partial charge >= 0.3 is 0 Å². The van der Waals surface area contributed by atoms with Crippen LogP contribution < -0.4 is 0 Å². The van der Waals surface area contributed by atoms with Crippen molar-refractivity contribution in [2.45, 2.75) is 0 Å². The highest BCUT2D eigenvalue weighted by Gasteiger charge is 2.17. The molecule has 3 rings (SSSR count). The van der Waals surface area contributed by atoms with E-state index in [1.807, 2.05) is 0 Å². The van der Waals surface area contributed by atoms with E-state index in [2.05, 4.69) is 20.1 Å². The van der Waals surface area contributed by atoms with Gasteiger partial charge in [-0.15, -0.1) is 0 Å². The molecule has 0 unspecified atom stereocenters. The topological polar surface area (TPSA) is 56.0 Å². The molecular weight excluding hydrogens is 297 g/mol. The standard InChI is InChI=1S/C10H4Cl3N5/c11-6-3-14-2-1-5(6)7-8(12)17-10-15-4-16-18(10)9(7)13/h1-4H. The Morgan fingerprint density at radius 3 is 2.78 bits per heavy atom. The Hall–Kier alpha value is -1.43. The van der Waals surface area contributed by atoms with Crippen molar-refractivity contribution in [3.8, 4) is 11.1 Å². The van der Waals surface area contributed by atoms with Gasteiger partial charge in [-0.25, -0.2) is 0 Å². The maximum atomic E-state index is 6.25. The highest BCUT2D eigenvalue weighted by molar-refractivity contribution is 6.40. The van der Waals surface area contributed by atoms with Crippen LogP contribution in [0.2, 0.25) is 15.3 Å². The number of fused-ring (bicyclic) bond motifs is 1. The Balaban J connectivity index is 2.39. The van der Waals surface area contributed by atoms with E-state index in [9.17, 15) is 0 Å². The number of rotatable bonds is 1. The second-order valence-corrected chi connectivity index (χ2v) is 4.52. The predicted molar refractivity (Wildman–Crippen MR) is 69.0 cm³/mol. The lowest BCUT2D eigenvalue weighted by Crippen LogP contribution is -1.98. The Morgan fingerprint density at radius 1 is 1.17 bits per heavy atom. The molecule has 0 aromatic carbocycles. The zero-order chi connectivity index (χ0) is 12.7. The number of pyridine rings is 1. The van der Waals surface area contributed by atoms with Crippen molar-refractivity contribution in [2.24, 2.45) is 0 Å². The summed E-state index contributed by atoms with van der Waals surface area (Å²) in [6.45, 7) is 0. The molecule has 3 aromatic heterocycles. The minimum atomic E-state index is 0.216. The zero-order valence-corrected chi connectivity index (χ0v) is 10.9. The van der Waals surface area contributed by atoms with Crippen LogP contribution in [0.15, 0.2) is 24.8 Å². The van der Waals surface area contributed by atoms with E-state index < -0.39 is 0 Å². The molecule has 90 valence electrons. The average molecular weight is 301 g/mol. The Bertz CT molecular complexity index is 739. The van der Waals surface area contributed by atoms with E-state index in [0.29, 0.717) is 27.1 Å². The van der Waals surface area contributed by atoms with Gasteiger partial charge in [-0.05, 0) is 6.07 Å². The van der Waals surface area contributed by atoms with Crippen molar-refractivity contribution in [2.75, 3.05) is 0 Å². The van der Waals surface area contributed by atoms with Gasteiger partial charge in [-0.2, -0.15) is 19.6 Å². The summed E-state index contributed by atoms with van der Waals surface area (Å²) in [5.74, 6) is 0.332. The minimum absolute atomic E-state index is 0.216. The van der Waals surface area contributed by atoms with Crippen LogP contribution in [-0.4, -0.2) is 24.6 Å². The minimum Gasteiger partial charge on any atom is -0.263 e. The molecule has 8 heteroatoms. The largest absolute Gasteiger partial charge is 0.263 e. The molecule has 0 saturated heterocycles. The first-order valence-corrected chi connectivity index (χ1v) is 5.96. The summed E-state index contributed by atoms with van der Waals surface area (Å²) in [6.07, 6.45) is 4.46. The molecule has 0 radical (unpaired) electrons. The molecule has 5 nitrogen and oxygen atoms in total. The fourth-order valence-corrected chi connectivity index (χ4v) is 2.42. The molecule has 3 aromatic rings. The lowest BCUT2D eigenvalue weighted by Gasteiger charge is -2.08. The molecule has 0 bridgehead atoms. The molecule has 0 aliphatic heterocycles. The molecule has 0 fully saturated rings. The highest BCUT2D eigenvalue weighted by atomic mass is 35.5. The van der Waals surface area contributed by atoms with Crippen LogP contribution in [0.1, 0.15) is 0 Å². The fraction of sp³-hybridized carbons (Fsp3) is 0. The fourth-order valence-electron chi connectivity index (χ4n) is 1.59. The van der Waals surface area contributed by atoms with Gasteiger partial charge in [0, 0.05) is 18.0 Å². The zero-order valence-electron chi connectivity index (χ0n) is 8.68. The first kappa shape index (κ1) is 11.6. The average Bonchev–Trinajstić information content (AvgIpc) is 2.79. The third-order valence-electron chi connectivity index (χ3n) is 2.37. The third kappa shape index (κ3) is 1.71. The summed E-state index contributed by atoms with van der Waals surface area (Å²) >= 11 is 18.4. The highest BCUT2D eigenvalue weighted by Crippen LogP contribution is 2.36. The van der Waals surface area contributed by atoms with E-state index in [1.54, 1.807) is 12.3 Å². The number of hydrogen-bond acceptors (Lipinski definition) is 4. The Morgan fingerprint density at radius 2 is 2.00 bits per heavy atom. The molecule has 0 spiro atoms. The quantitative estimate of drug-likeness (QED) is 0.648. The van der Waals surface area contributed by atoms with Crippen molar-refractivity contribution in [3.05, 3.63) is 40.1 Å². The van der Waals surface area contributed by atoms with Crippen molar-refractivity contribution < 1.29 is 0 Å². The van der Waals surface area contributed by atoms with Crippen LogP contribution in [-0.2, 0) is 0 Å². The molecule has 18 heavy (non-hydrogen) atoms. The lowest BCUT2D eigenvalue weighted by atomic mass is 10.1. The van der Waals surface area contributed by atoms with Crippen LogP contribution in [0.3, 0.4) is 0 Å². The van der Waals surface area contributed by atoms with Gasteiger partial charge in [-0.3, -0.25) is 4.98 Å². The number of aromatic nitrogens is 5. The molecule has 0 aliphatic rings. The molecular formula is C10H4Cl3N5. The first-order chi connectivity index (χ1) is 8.68. The molecule has 0 N–H and O–H groups in total. The third-order valence-corrected chi connectivity index (χ3v) is 3.29. The van der Waals surface area contributed by atoms with Crippen LogP contribution in [0, 0.1) is 0 Å². The van der Waals surface area contributed by atoms with Crippen LogP contribution >= 0.6 is 34.8 Å². The summed E-state index contributed by atoms with van der Waals surface area (Å²) < 4.78 is 1.39. The summed E-state index contributed by atoms with van der Waals surface area (Å²) in [6, 6.07) is 1.71. The molecule has 0 saturated carbocycles.